The molecule has 0 radical (unpaired) electrons. The number of pyridine rings is 1. The summed E-state index contributed by atoms with van der Waals surface area (Å²) < 4.78 is 32.2. The number of imidazole rings is 1. The van der Waals surface area contributed by atoms with Crippen LogP contribution in [0, 0.1) is 0 Å². The van der Waals surface area contributed by atoms with Crippen molar-refractivity contribution in [1.82, 2.24) is 14.5 Å². The molecule has 2 aromatic carbocycles. The van der Waals surface area contributed by atoms with E-state index in [0.717, 1.165) is 39.5 Å². The van der Waals surface area contributed by atoms with Crippen LogP contribution in [0.2, 0.25) is 0 Å². The number of alkyl halides is 3. The second kappa shape index (κ2) is 8.88. The van der Waals surface area contributed by atoms with Gasteiger partial charge in [0, 0.05) is 58.2 Å². The molecule has 0 spiro atoms. The van der Waals surface area contributed by atoms with Crippen molar-refractivity contribution >= 4 is 46.0 Å². The molecule has 0 bridgehead atoms. The van der Waals surface area contributed by atoms with E-state index < -0.39 is 5.57 Å². The van der Waals surface area contributed by atoms with Crippen molar-refractivity contribution < 1.29 is 18.3 Å². The normalized spacial score (nSPS) is 15.7. The highest BCUT2D eigenvalue weighted by molar-refractivity contribution is 7.99. The number of aromatic nitrogens is 3. The van der Waals surface area contributed by atoms with Crippen LogP contribution in [0.4, 0.5) is 14.5 Å². The van der Waals surface area contributed by atoms with Gasteiger partial charge in [0.25, 0.3) is 5.91 Å². The quantitative estimate of drug-likeness (QED) is 0.314. The van der Waals surface area contributed by atoms with E-state index in [2.05, 4.69) is 26.5 Å². The molecule has 6 nitrogen and oxygen atoms in total. The van der Waals surface area contributed by atoms with Gasteiger partial charge in [-0.1, -0.05) is 17.8 Å². The second-order valence-electron chi connectivity index (χ2n) is 7.91. The van der Waals surface area contributed by atoms with E-state index in [-0.39, 0.29) is 17.7 Å². The van der Waals surface area contributed by atoms with Crippen molar-refractivity contribution in [2.75, 3.05) is 11.1 Å². The Bertz CT molecular complexity index is 1360. The van der Waals surface area contributed by atoms with Gasteiger partial charge in [0.15, 0.2) is 5.16 Å². The van der Waals surface area contributed by atoms with Crippen molar-refractivity contribution in [1.29, 1.82) is 0 Å². The second-order valence-corrected chi connectivity index (χ2v) is 9.41. The van der Waals surface area contributed by atoms with Gasteiger partial charge < -0.3 is 14.6 Å². The van der Waals surface area contributed by atoms with Gasteiger partial charge in [-0.2, -0.15) is 0 Å². The summed E-state index contributed by atoms with van der Waals surface area (Å²) in [5.41, 5.74) is 0.507. The number of fused-ring (bicyclic) bond motifs is 3. The number of ether oxygens (including phenoxy) is 1. The Morgan fingerprint density at radius 2 is 2.06 bits per heavy atom. The standard InChI is InChI=1S/C24H19ClF2N4O2S/c1-14-8-10-34-23-30-20-12-16(11-19(21(20)31(14)23)15-3-2-9-28-13-15)22(32)29-17-4-6-18(7-5-17)33-24(25,26)27/h2-7,9,11-14H,8,10H2,1H3,(H,29,32)/t14-/m1/s1. The smallest absolute Gasteiger partial charge is 0.420 e. The van der Waals surface area contributed by atoms with Crippen LogP contribution in [-0.4, -0.2) is 31.8 Å². The molecule has 3 heterocycles. The molecule has 174 valence electrons. The van der Waals surface area contributed by atoms with Gasteiger partial charge in [-0.15, -0.1) is 8.78 Å². The third-order valence-electron chi connectivity index (χ3n) is 5.54. The number of hydrogen-bond donors (Lipinski definition) is 1. The van der Waals surface area contributed by atoms with E-state index in [9.17, 15) is 13.6 Å². The van der Waals surface area contributed by atoms with Crippen LogP contribution in [0.15, 0.2) is 66.1 Å². The highest BCUT2D eigenvalue weighted by Gasteiger charge is 2.28. The van der Waals surface area contributed by atoms with Gasteiger partial charge in [0.1, 0.15) is 5.75 Å². The molecule has 0 aliphatic carbocycles. The summed E-state index contributed by atoms with van der Waals surface area (Å²) in [5.74, 6) is 0.527. The summed E-state index contributed by atoms with van der Waals surface area (Å²) in [5, 5.41) is 3.73. The molecule has 4 aromatic rings. The zero-order valence-electron chi connectivity index (χ0n) is 18.0. The summed E-state index contributed by atoms with van der Waals surface area (Å²) in [6.45, 7) is 2.17. The number of amides is 1. The number of halogens is 3. The first-order valence-corrected chi connectivity index (χ1v) is 11.9. The molecule has 0 saturated heterocycles. The SMILES string of the molecule is C[C@@H]1CCSc2nc3cc(C(=O)Nc4ccc(OC(F)(F)Cl)cc4)cc(-c4cccnc4)c3n21. The molecule has 5 rings (SSSR count). The van der Waals surface area contributed by atoms with Crippen molar-refractivity contribution in [3.8, 4) is 16.9 Å². The summed E-state index contributed by atoms with van der Waals surface area (Å²) >= 11 is 6.50. The van der Waals surface area contributed by atoms with Crippen molar-refractivity contribution in [2.24, 2.45) is 0 Å². The van der Waals surface area contributed by atoms with E-state index in [0.29, 0.717) is 11.3 Å². The summed E-state index contributed by atoms with van der Waals surface area (Å²) in [6.07, 6.45) is 4.50. The van der Waals surface area contributed by atoms with Crippen LogP contribution in [0.25, 0.3) is 22.2 Å². The van der Waals surface area contributed by atoms with Gasteiger partial charge in [-0.25, -0.2) is 4.98 Å². The maximum atomic E-state index is 13.1. The molecule has 34 heavy (non-hydrogen) atoms. The van der Waals surface area contributed by atoms with Crippen molar-refractivity contribution in [2.45, 2.75) is 30.1 Å². The average Bonchev–Trinajstić information content (AvgIpc) is 3.19. The van der Waals surface area contributed by atoms with E-state index in [1.807, 2.05) is 18.2 Å². The first-order chi connectivity index (χ1) is 16.3. The third kappa shape index (κ3) is 4.58. The summed E-state index contributed by atoms with van der Waals surface area (Å²) in [6, 6.07) is 13.2. The molecule has 1 amide bonds. The Labute approximate surface area is 203 Å². The number of thioether (sulfide) groups is 1. The molecule has 10 heteroatoms. The zero-order valence-corrected chi connectivity index (χ0v) is 19.5. The molecule has 1 aliphatic rings. The first kappa shape index (κ1) is 22.6. The lowest BCUT2D eigenvalue weighted by molar-refractivity contribution is -0.0964. The number of benzene rings is 2. The number of carbonyl (C=O) groups is 1. The van der Waals surface area contributed by atoms with E-state index in [4.69, 9.17) is 16.6 Å². The van der Waals surface area contributed by atoms with Gasteiger partial charge in [-0.05, 0) is 55.8 Å². The van der Waals surface area contributed by atoms with E-state index in [1.165, 1.54) is 24.3 Å². The van der Waals surface area contributed by atoms with E-state index in [1.54, 1.807) is 30.2 Å². The van der Waals surface area contributed by atoms with Gasteiger partial charge in [0.2, 0.25) is 0 Å². The van der Waals surface area contributed by atoms with Crippen LogP contribution >= 0.6 is 23.4 Å². The highest BCUT2D eigenvalue weighted by Crippen LogP contribution is 2.39. The molecule has 1 aliphatic heterocycles. The largest absolute Gasteiger partial charge is 0.487 e. The maximum Gasteiger partial charge on any atom is 0.487 e. The van der Waals surface area contributed by atoms with Crippen molar-refractivity contribution in [3.05, 3.63) is 66.5 Å². The first-order valence-electron chi connectivity index (χ1n) is 10.5. The third-order valence-corrected chi connectivity index (χ3v) is 6.60. The Balaban J connectivity index is 1.52. The lowest BCUT2D eigenvalue weighted by Crippen LogP contribution is -2.16. The lowest BCUT2D eigenvalue weighted by Gasteiger charge is -2.22. The Kier molecular flexibility index (Phi) is 5.91. The molecular weight excluding hydrogens is 482 g/mol. The predicted molar refractivity (Wildman–Crippen MR) is 129 cm³/mol. The Morgan fingerprint density at radius 3 is 2.76 bits per heavy atom. The minimum Gasteiger partial charge on any atom is -0.420 e. The van der Waals surface area contributed by atoms with E-state index >= 15 is 0 Å². The molecule has 2 aromatic heterocycles. The van der Waals surface area contributed by atoms with Crippen molar-refractivity contribution in [3.63, 3.8) is 0 Å². The van der Waals surface area contributed by atoms with Gasteiger partial charge in [-0.3, -0.25) is 9.78 Å². The topological polar surface area (TPSA) is 69.0 Å². The highest BCUT2D eigenvalue weighted by atomic mass is 35.5. The average molecular weight is 501 g/mol. The number of nitrogens with one attached hydrogen (secondary N) is 1. The van der Waals surface area contributed by atoms with Crippen LogP contribution in [0.5, 0.6) is 5.75 Å². The Hall–Kier alpha value is -3.17. The molecule has 1 atom stereocenters. The minimum absolute atomic E-state index is 0.117. The number of nitrogens with zero attached hydrogens (tertiary/aromatic N) is 3. The maximum absolute atomic E-state index is 13.1. The molecule has 0 unspecified atom stereocenters. The molecule has 0 saturated carbocycles. The van der Waals surface area contributed by atoms with Crippen LogP contribution in [-0.2, 0) is 0 Å². The van der Waals surface area contributed by atoms with Gasteiger partial charge >= 0.3 is 5.57 Å². The monoisotopic (exact) mass is 500 g/mol. The zero-order chi connectivity index (χ0) is 23.9. The molecule has 0 fully saturated rings. The minimum atomic E-state index is -3.80. The van der Waals surface area contributed by atoms with Crippen LogP contribution in [0.3, 0.4) is 0 Å². The lowest BCUT2D eigenvalue weighted by atomic mass is 10.0. The fourth-order valence-electron chi connectivity index (χ4n) is 3.99. The van der Waals surface area contributed by atoms with Crippen LogP contribution < -0.4 is 10.1 Å². The molecular formula is C24H19ClF2N4O2S. The fraction of sp³-hybridized carbons (Fsp3) is 0.208. The number of rotatable bonds is 5. The van der Waals surface area contributed by atoms with Gasteiger partial charge in [0.05, 0.1) is 11.0 Å². The summed E-state index contributed by atoms with van der Waals surface area (Å²) in [7, 11) is 0. The molecule has 1 N–H and O–H groups in total. The number of anilines is 1. The van der Waals surface area contributed by atoms with Crippen LogP contribution in [0.1, 0.15) is 29.7 Å². The Morgan fingerprint density at radius 1 is 1.26 bits per heavy atom. The number of carbonyl (C=O) groups excluding carboxylic acids is 1. The summed E-state index contributed by atoms with van der Waals surface area (Å²) in [4.78, 5) is 22.2. The number of hydrogen-bond acceptors (Lipinski definition) is 5. The fourth-order valence-corrected chi connectivity index (χ4v) is 5.29. The predicted octanol–water partition coefficient (Wildman–Crippen LogP) is 6.58.